The Labute approximate surface area is 141 Å². The molecule has 1 aromatic heterocycles. The van der Waals surface area contributed by atoms with Crippen LogP contribution in [0.2, 0.25) is 5.02 Å². The second-order valence-electron chi connectivity index (χ2n) is 6.23. The highest BCUT2D eigenvalue weighted by atomic mass is 35.5. The zero-order chi connectivity index (χ0) is 16.9. The van der Waals surface area contributed by atoms with E-state index >= 15 is 0 Å². The number of nitrogens with zero attached hydrogens (tertiary/aromatic N) is 4. The molecule has 0 atom stereocenters. The van der Waals surface area contributed by atoms with E-state index in [-0.39, 0.29) is 0 Å². The summed E-state index contributed by atoms with van der Waals surface area (Å²) < 4.78 is 1.57. The molecule has 0 unspecified atom stereocenters. The lowest BCUT2D eigenvalue weighted by Crippen LogP contribution is -2.31. The van der Waals surface area contributed by atoms with Crippen molar-refractivity contribution in [3.63, 3.8) is 0 Å². The molecule has 4 rings (SSSR count). The number of aliphatic carboxylic acids is 1. The van der Waals surface area contributed by atoms with Crippen molar-refractivity contribution < 1.29 is 14.7 Å². The summed E-state index contributed by atoms with van der Waals surface area (Å²) in [5.41, 5.74) is -0.279. The molecule has 8 nitrogen and oxygen atoms in total. The SMILES string of the molecule is O=C(O)C1(C(=O)Nc2ccc(Cl)c(-n3nnnc3C3CC3)c2)CC1. The predicted octanol–water partition coefficient (Wildman–Crippen LogP) is 2.00. The van der Waals surface area contributed by atoms with Crippen molar-refractivity contribution in [3.05, 3.63) is 29.0 Å². The van der Waals surface area contributed by atoms with Crippen LogP contribution in [-0.4, -0.2) is 37.2 Å². The van der Waals surface area contributed by atoms with Gasteiger partial charge in [-0.3, -0.25) is 9.59 Å². The number of carboxylic acids is 1. The summed E-state index contributed by atoms with van der Waals surface area (Å²) in [5.74, 6) is -0.534. The van der Waals surface area contributed by atoms with Crippen LogP contribution in [0.15, 0.2) is 18.2 Å². The third-order valence-corrected chi connectivity index (χ3v) is 4.78. The predicted molar refractivity (Wildman–Crippen MR) is 84.1 cm³/mol. The van der Waals surface area contributed by atoms with E-state index in [1.807, 2.05) is 0 Å². The second-order valence-corrected chi connectivity index (χ2v) is 6.64. The Morgan fingerprint density at radius 2 is 2.08 bits per heavy atom. The highest BCUT2D eigenvalue weighted by Gasteiger charge is 2.57. The number of carbonyl (C=O) groups is 2. The second kappa shape index (κ2) is 5.27. The topological polar surface area (TPSA) is 110 Å². The number of anilines is 1. The van der Waals surface area contributed by atoms with Crippen molar-refractivity contribution >= 4 is 29.2 Å². The molecule has 2 saturated carbocycles. The summed E-state index contributed by atoms with van der Waals surface area (Å²) >= 11 is 6.25. The van der Waals surface area contributed by atoms with Gasteiger partial charge in [0.15, 0.2) is 5.82 Å². The van der Waals surface area contributed by atoms with Crippen LogP contribution in [0.25, 0.3) is 5.69 Å². The first-order valence-electron chi connectivity index (χ1n) is 7.64. The number of tetrazole rings is 1. The van der Waals surface area contributed by atoms with Crippen molar-refractivity contribution in [2.24, 2.45) is 5.41 Å². The molecule has 0 aliphatic heterocycles. The summed E-state index contributed by atoms with van der Waals surface area (Å²) in [7, 11) is 0. The fraction of sp³-hybridized carbons (Fsp3) is 0.400. The van der Waals surface area contributed by atoms with E-state index in [0.717, 1.165) is 18.7 Å². The molecule has 124 valence electrons. The highest BCUT2D eigenvalue weighted by Crippen LogP contribution is 2.47. The van der Waals surface area contributed by atoms with E-state index in [1.54, 1.807) is 22.9 Å². The van der Waals surface area contributed by atoms with Gasteiger partial charge in [0.1, 0.15) is 5.41 Å². The maximum atomic E-state index is 12.2. The van der Waals surface area contributed by atoms with Gasteiger partial charge in [0, 0.05) is 11.6 Å². The Bertz CT molecular complexity index is 841. The van der Waals surface area contributed by atoms with Crippen molar-refractivity contribution in [2.45, 2.75) is 31.6 Å². The molecule has 0 bridgehead atoms. The van der Waals surface area contributed by atoms with Crippen molar-refractivity contribution in [2.75, 3.05) is 5.32 Å². The quantitative estimate of drug-likeness (QED) is 0.800. The van der Waals surface area contributed by atoms with E-state index in [0.29, 0.717) is 35.2 Å². The highest BCUT2D eigenvalue weighted by molar-refractivity contribution is 6.32. The van der Waals surface area contributed by atoms with Crippen LogP contribution in [0.3, 0.4) is 0 Å². The van der Waals surface area contributed by atoms with Gasteiger partial charge in [-0.2, -0.15) is 4.68 Å². The van der Waals surface area contributed by atoms with Crippen LogP contribution in [0.4, 0.5) is 5.69 Å². The van der Waals surface area contributed by atoms with Crippen molar-refractivity contribution in [1.82, 2.24) is 20.2 Å². The van der Waals surface area contributed by atoms with Crippen LogP contribution in [0, 0.1) is 5.41 Å². The Hall–Kier alpha value is -2.48. The van der Waals surface area contributed by atoms with E-state index in [2.05, 4.69) is 20.8 Å². The van der Waals surface area contributed by atoms with Gasteiger partial charge in [0.05, 0.1) is 10.7 Å². The minimum absolute atomic E-state index is 0.330. The number of amides is 1. The van der Waals surface area contributed by atoms with Crippen molar-refractivity contribution in [1.29, 1.82) is 0 Å². The molecule has 2 N–H and O–H groups in total. The van der Waals surface area contributed by atoms with Crippen LogP contribution < -0.4 is 5.32 Å². The van der Waals surface area contributed by atoms with Crippen LogP contribution in [-0.2, 0) is 9.59 Å². The van der Waals surface area contributed by atoms with Gasteiger partial charge < -0.3 is 10.4 Å². The molecule has 2 aliphatic carbocycles. The van der Waals surface area contributed by atoms with Crippen LogP contribution >= 0.6 is 11.6 Å². The smallest absolute Gasteiger partial charge is 0.319 e. The molecule has 2 aliphatic rings. The fourth-order valence-corrected chi connectivity index (χ4v) is 2.83. The molecule has 2 aromatic rings. The molecule has 2 fully saturated rings. The Balaban J connectivity index is 1.63. The number of hydrogen-bond donors (Lipinski definition) is 2. The van der Waals surface area contributed by atoms with Crippen molar-refractivity contribution in [3.8, 4) is 5.69 Å². The van der Waals surface area contributed by atoms with Gasteiger partial charge in [-0.1, -0.05) is 11.6 Å². The molecule has 0 radical (unpaired) electrons. The average molecular weight is 348 g/mol. The average Bonchev–Trinajstić information content (AvgIpc) is 3.47. The molecule has 1 heterocycles. The summed E-state index contributed by atoms with van der Waals surface area (Å²) in [5, 5.41) is 24.0. The molecule has 1 aromatic carbocycles. The number of benzene rings is 1. The zero-order valence-electron chi connectivity index (χ0n) is 12.6. The van der Waals surface area contributed by atoms with E-state index in [4.69, 9.17) is 11.6 Å². The number of rotatable bonds is 5. The lowest BCUT2D eigenvalue weighted by atomic mass is 10.1. The Kier molecular flexibility index (Phi) is 3.31. The molecule has 0 saturated heterocycles. The first-order chi connectivity index (χ1) is 11.5. The van der Waals surface area contributed by atoms with Gasteiger partial charge in [0.25, 0.3) is 0 Å². The number of hydrogen-bond acceptors (Lipinski definition) is 5. The molecular weight excluding hydrogens is 334 g/mol. The third-order valence-electron chi connectivity index (χ3n) is 4.46. The maximum absolute atomic E-state index is 12.2. The number of halogens is 1. The monoisotopic (exact) mass is 347 g/mol. The Morgan fingerprint density at radius 1 is 1.33 bits per heavy atom. The summed E-state index contributed by atoms with van der Waals surface area (Å²) in [6.45, 7) is 0. The molecule has 0 spiro atoms. The van der Waals surface area contributed by atoms with Gasteiger partial charge in [-0.15, -0.1) is 5.10 Å². The summed E-state index contributed by atoms with van der Waals surface area (Å²) in [6.07, 6.45) is 2.78. The standard InChI is InChI=1S/C15H14ClN5O3/c16-10-4-3-9(17-13(22)15(5-6-15)14(23)24)7-11(10)21-12(8-1-2-8)18-19-20-21/h3-4,7-8H,1-2,5-6H2,(H,17,22)(H,23,24). The van der Waals surface area contributed by atoms with Gasteiger partial charge in [0.2, 0.25) is 5.91 Å². The maximum Gasteiger partial charge on any atom is 0.319 e. The van der Waals surface area contributed by atoms with Gasteiger partial charge in [-0.05, 0) is 54.3 Å². The normalized spacial score (nSPS) is 18.2. The van der Waals surface area contributed by atoms with Gasteiger partial charge in [-0.25, -0.2) is 0 Å². The largest absolute Gasteiger partial charge is 0.480 e. The minimum atomic E-state index is -1.30. The van der Waals surface area contributed by atoms with Crippen LogP contribution in [0.5, 0.6) is 0 Å². The number of carbonyl (C=O) groups excluding carboxylic acids is 1. The molecule has 9 heteroatoms. The van der Waals surface area contributed by atoms with Gasteiger partial charge >= 0.3 is 5.97 Å². The lowest BCUT2D eigenvalue weighted by molar-refractivity contribution is -0.147. The van der Waals surface area contributed by atoms with E-state index in [1.165, 1.54) is 0 Å². The Morgan fingerprint density at radius 3 is 2.71 bits per heavy atom. The third kappa shape index (κ3) is 2.43. The fourth-order valence-electron chi connectivity index (χ4n) is 2.63. The van der Waals surface area contributed by atoms with E-state index in [9.17, 15) is 14.7 Å². The molecule has 1 amide bonds. The number of aromatic nitrogens is 4. The van der Waals surface area contributed by atoms with Crippen LogP contribution in [0.1, 0.15) is 37.4 Å². The number of nitrogens with one attached hydrogen (secondary N) is 1. The lowest BCUT2D eigenvalue weighted by Gasteiger charge is -2.13. The molecule has 24 heavy (non-hydrogen) atoms. The first-order valence-corrected chi connectivity index (χ1v) is 8.02. The first kappa shape index (κ1) is 15.1. The summed E-state index contributed by atoms with van der Waals surface area (Å²) in [4.78, 5) is 23.5. The number of carboxylic acid groups (broad SMARTS) is 1. The van der Waals surface area contributed by atoms with E-state index < -0.39 is 17.3 Å². The minimum Gasteiger partial charge on any atom is -0.480 e. The zero-order valence-corrected chi connectivity index (χ0v) is 13.3. The summed E-state index contributed by atoms with van der Waals surface area (Å²) in [6, 6.07) is 4.91. The molecular formula is C15H14ClN5O3.